The van der Waals surface area contributed by atoms with Crippen LogP contribution in [-0.2, 0) is 11.3 Å². The monoisotopic (exact) mass is 337 g/mol. The highest BCUT2D eigenvalue weighted by Gasteiger charge is 2.09. The maximum Gasteiger partial charge on any atom is 0.0678 e. The zero-order valence-electron chi connectivity index (χ0n) is 12.1. The van der Waals surface area contributed by atoms with Crippen molar-refractivity contribution < 1.29 is 4.74 Å². The molecule has 2 rings (SSSR count). The van der Waals surface area contributed by atoms with Gasteiger partial charge in [-0.2, -0.15) is 5.10 Å². The minimum absolute atomic E-state index is 0.721. The third kappa shape index (κ3) is 3.48. The van der Waals surface area contributed by atoms with E-state index >= 15 is 0 Å². The minimum Gasteiger partial charge on any atom is -0.383 e. The molecule has 1 heterocycles. The van der Waals surface area contributed by atoms with E-state index in [1.54, 1.807) is 7.11 Å². The van der Waals surface area contributed by atoms with Gasteiger partial charge in [0.05, 0.1) is 18.5 Å². The third-order valence-electron chi connectivity index (χ3n) is 3.30. The van der Waals surface area contributed by atoms with Gasteiger partial charge in [0, 0.05) is 35.9 Å². The zero-order valence-corrected chi connectivity index (χ0v) is 13.7. The first kappa shape index (κ1) is 15.2. The van der Waals surface area contributed by atoms with Crippen molar-refractivity contribution in [3.05, 3.63) is 45.7 Å². The van der Waals surface area contributed by atoms with Crippen molar-refractivity contribution in [1.29, 1.82) is 0 Å². The van der Waals surface area contributed by atoms with Crippen LogP contribution in [0, 0.1) is 13.8 Å². The van der Waals surface area contributed by atoms with Crippen LogP contribution in [0.1, 0.15) is 16.8 Å². The lowest BCUT2D eigenvalue weighted by Gasteiger charge is -2.09. The van der Waals surface area contributed by atoms with Crippen LogP contribution in [-0.4, -0.2) is 30.0 Å². The Balaban J connectivity index is 2.15. The second-order valence-electron chi connectivity index (χ2n) is 4.77. The largest absolute Gasteiger partial charge is 0.383 e. The van der Waals surface area contributed by atoms with Gasteiger partial charge in [-0.3, -0.25) is 0 Å². The molecule has 0 atom stereocenters. The van der Waals surface area contributed by atoms with E-state index in [2.05, 4.69) is 52.3 Å². The first-order chi connectivity index (χ1) is 9.63. The fourth-order valence-corrected chi connectivity index (χ4v) is 2.59. The fourth-order valence-electron chi connectivity index (χ4n) is 2.11. The number of ether oxygens (including phenoxy) is 1. The molecule has 108 valence electrons. The van der Waals surface area contributed by atoms with Crippen molar-refractivity contribution in [3.8, 4) is 5.69 Å². The van der Waals surface area contributed by atoms with Crippen LogP contribution in [0.25, 0.3) is 5.69 Å². The van der Waals surface area contributed by atoms with Gasteiger partial charge in [0.25, 0.3) is 0 Å². The highest BCUT2D eigenvalue weighted by Crippen LogP contribution is 2.21. The standard InChI is InChI=1S/C15H20BrN3O/c1-11-8-14(16)4-5-15(11)19-12(2)13(10-18-19)9-17-6-7-20-3/h4-5,8,10,17H,6-7,9H2,1-3H3. The maximum absolute atomic E-state index is 5.02. The molecule has 0 fully saturated rings. The minimum atomic E-state index is 0.721. The molecule has 1 N–H and O–H groups in total. The summed E-state index contributed by atoms with van der Waals surface area (Å²) in [6, 6.07) is 6.23. The molecule has 0 saturated carbocycles. The number of halogens is 1. The Morgan fingerprint density at radius 3 is 2.85 bits per heavy atom. The maximum atomic E-state index is 5.02. The SMILES string of the molecule is COCCNCc1cnn(-c2ccc(Br)cc2C)c1C. The van der Waals surface area contributed by atoms with E-state index in [1.165, 1.54) is 16.8 Å². The van der Waals surface area contributed by atoms with Gasteiger partial charge in [-0.15, -0.1) is 0 Å². The van der Waals surface area contributed by atoms with Crippen LogP contribution in [0.15, 0.2) is 28.9 Å². The van der Waals surface area contributed by atoms with Gasteiger partial charge in [0.1, 0.15) is 0 Å². The number of benzene rings is 1. The van der Waals surface area contributed by atoms with Crippen LogP contribution in [0.3, 0.4) is 0 Å². The summed E-state index contributed by atoms with van der Waals surface area (Å²) < 4.78 is 8.11. The number of aryl methyl sites for hydroxylation is 1. The summed E-state index contributed by atoms with van der Waals surface area (Å²) >= 11 is 3.49. The van der Waals surface area contributed by atoms with Crippen LogP contribution < -0.4 is 5.32 Å². The van der Waals surface area contributed by atoms with Gasteiger partial charge < -0.3 is 10.1 Å². The quantitative estimate of drug-likeness (QED) is 0.823. The highest BCUT2D eigenvalue weighted by molar-refractivity contribution is 9.10. The molecule has 1 aromatic heterocycles. The summed E-state index contributed by atoms with van der Waals surface area (Å²) in [5, 5.41) is 7.85. The topological polar surface area (TPSA) is 39.1 Å². The molecule has 0 radical (unpaired) electrons. The van der Waals surface area contributed by atoms with Crippen LogP contribution in [0.2, 0.25) is 0 Å². The van der Waals surface area contributed by atoms with E-state index in [0.29, 0.717) is 0 Å². The fraction of sp³-hybridized carbons (Fsp3) is 0.400. The number of nitrogens with zero attached hydrogens (tertiary/aromatic N) is 2. The Morgan fingerprint density at radius 2 is 2.15 bits per heavy atom. The van der Waals surface area contributed by atoms with Gasteiger partial charge in [-0.05, 0) is 37.6 Å². The molecule has 1 aromatic carbocycles. The first-order valence-corrected chi connectivity index (χ1v) is 7.42. The van der Waals surface area contributed by atoms with Crippen molar-refractivity contribution in [2.45, 2.75) is 20.4 Å². The third-order valence-corrected chi connectivity index (χ3v) is 3.79. The van der Waals surface area contributed by atoms with Gasteiger partial charge in [-0.1, -0.05) is 15.9 Å². The number of aromatic nitrogens is 2. The van der Waals surface area contributed by atoms with Crippen LogP contribution in [0.4, 0.5) is 0 Å². The number of methoxy groups -OCH3 is 1. The molecule has 0 unspecified atom stereocenters. The van der Waals surface area contributed by atoms with E-state index in [9.17, 15) is 0 Å². The Bertz CT molecular complexity index is 580. The summed E-state index contributed by atoms with van der Waals surface area (Å²) in [7, 11) is 1.71. The number of nitrogens with one attached hydrogen (secondary N) is 1. The second-order valence-corrected chi connectivity index (χ2v) is 5.68. The van der Waals surface area contributed by atoms with Crippen molar-refractivity contribution >= 4 is 15.9 Å². The molecule has 0 saturated heterocycles. The molecular formula is C15H20BrN3O. The molecule has 0 spiro atoms. The van der Waals surface area contributed by atoms with Gasteiger partial charge >= 0.3 is 0 Å². The average molecular weight is 338 g/mol. The zero-order chi connectivity index (χ0) is 14.5. The van der Waals surface area contributed by atoms with Gasteiger partial charge in [0.2, 0.25) is 0 Å². The Morgan fingerprint density at radius 1 is 1.35 bits per heavy atom. The highest BCUT2D eigenvalue weighted by atomic mass is 79.9. The van der Waals surface area contributed by atoms with Crippen molar-refractivity contribution in [3.63, 3.8) is 0 Å². The Labute approximate surface area is 128 Å². The summed E-state index contributed by atoms with van der Waals surface area (Å²) in [6.45, 7) is 6.57. The first-order valence-electron chi connectivity index (χ1n) is 6.63. The Kier molecular flexibility index (Phi) is 5.34. The lowest BCUT2D eigenvalue weighted by Crippen LogP contribution is -2.18. The van der Waals surface area contributed by atoms with Gasteiger partial charge in [-0.25, -0.2) is 4.68 Å². The van der Waals surface area contributed by atoms with E-state index in [1.807, 2.05) is 16.9 Å². The van der Waals surface area contributed by atoms with Crippen molar-refractivity contribution in [2.24, 2.45) is 0 Å². The molecule has 5 heteroatoms. The summed E-state index contributed by atoms with van der Waals surface area (Å²) in [5.41, 5.74) is 4.70. The van der Waals surface area contributed by atoms with Crippen molar-refractivity contribution in [2.75, 3.05) is 20.3 Å². The van der Waals surface area contributed by atoms with E-state index in [4.69, 9.17) is 4.74 Å². The molecule has 4 nitrogen and oxygen atoms in total. The average Bonchev–Trinajstić information content (AvgIpc) is 2.77. The number of rotatable bonds is 6. The smallest absolute Gasteiger partial charge is 0.0678 e. The predicted molar refractivity (Wildman–Crippen MR) is 84.3 cm³/mol. The molecule has 20 heavy (non-hydrogen) atoms. The lowest BCUT2D eigenvalue weighted by molar-refractivity contribution is 0.199. The molecule has 2 aromatic rings. The number of hydrogen-bond donors (Lipinski definition) is 1. The molecule has 0 aliphatic carbocycles. The van der Waals surface area contributed by atoms with Crippen LogP contribution in [0.5, 0.6) is 0 Å². The molecule has 0 bridgehead atoms. The van der Waals surface area contributed by atoms with E-state index in [-0.39, 0.29) is 0 Å². The molecule has 0 aliphatic rings. The molecular weight excluding hydrogens is 318 g/mol. The van der Waals surface area contributed by atoms with E-state index < -0.39 is 0 Å². The normalized spacial score (nSPS) is 11.0. The van der Waals surface area contributed by atoms with Crippen molar-refractivity contribution in [1.82, 2.24) is 15.1 Å². The molecule has 0 aliphatic heterocycles. The summed E-state index contributed by atoms with van der Waals surface area (Å²) in [6.07, 6.45) is 1.93. The second kappa shape index (κ2) is 7.02. The summed E-state index contributed by atoms with van der Waals surface area (Å²) in [5.74, 6) is 0. The van der Waals surface area contributed by atoms with E-state index in [0.717, 1.165) is 29.9 Å². The number of hydrogen-bond acceptors (Lipinski definition) is 3. The van der Waals surface area contributed by atoms with Crippen LogP contribution >= 0.6 is 15.9 Å². The Hall–Kier alpha value is -1.17. The predicted octanol–water partition coefficient (Wildman–Crippen LogP) is 2.99. The summed E-state index contributed by atoms with van der Waals surface area (Å²) in [4.78, 5) is 0. The lowest BCUT2D eigenvalue weighted by atomic mass is 10.2. The molecule has 0 amide bonds. The van der Waals surface area contributed by atoms with Gasteiger partial charge in [0.15, 0.2) is 0 Å².